The maximum Gasteiger partial charge on any atom is 0.164 e. The van der Waals surface area contributed by atoms with E-state index in [9.17, 15) is 8.92 Å². The molecule has 0 amide bonds. The highest BCUT2D eigenvalue weighted by molar-refractivity contribution is 7.94. The molecular weight excluding hydrogens is 114 g/mol. The maximum absolute atomic E-state index is 10.8. The van der Waals surface area contributed by atoms with E-state index in [-0.39, 0.29) is 12.0 Å². The Bertz CT molecular complexity index is 23.5. The molecule has 0 saturated heterocycles. The van der Waals surface area contributed by atoms with Gasteiger partial charge < -0.3 is 0 Å². The topological polar surface area (TPSA) is 18.5 Å². The molecule has 0 fully saturated rings. The lowest BCUT2D eigenvalue weighted by Gasteiger charge is -1.81. The summed E-state index contributed by atoms with van der Waals surface area (Å²) in [5, 5.41) is 2.51. The Hall–Kier alpha value is 0.130. The van der Waals surface area contributed by atoms with E-state index in [1.165, 1.54) is 0 Å². The molecular formula is CH2F2O2S. The average molecular weight is 116 g/mol. The van der Waals surface area contributed by atoms with E-state index in [0.717, 1.165) is 0 Å². The SMILES string of the molecule is FCSOOF. The quantitative estimate of drug-likeness (QED) is 0.240. The van der Waals surface area contributed by atoms with Crippen LogP contribution < -0.4 is 0 Å². The summed E-state index contributed by atoms with van der Waals surface area (Å²) in [6.45, 7) is 0. The summed E-state index contributed by atoms with van der Waals surface area (Å²) in [6, 6.07) is -0.816. The van der Waals surface area contributed by atoms with Crippen LogP contribution in [0.2, 0.25) is 0 Å². The summed E-state index contributed by atoms with van der Waals surface area (Å²) >= 11 is 0.244. The summed E-state index contributed by atoms with van der Waals surface area (Å²) in [5.74, 6) is 0. The highest BCUT2D eigenvalue weighted by Crippen LogP contribution is 2.01. The molecule has 0 saturated carbocycles. The molecule has 0 aliphatic heterocycles. The van der Waals surface area contributed by atoms with E-state index >= 15 is 0 Å². The number of rotatable bonds is 3. The largest absolute Gasteiger partial charge is 0.237 e. The number of alkyl halides is 1. The van der Waals surface area contributed by atoms with Crippen molar-refractivity contribution < 1.29 is 18.3 Å². The van der Waals surface area contributed by atoms with Crippen molar-refractivity contribution in [2.45, 2.75) is 0 Å². The van der Waals surface area contributed by atoms with Gasteiger partial charge in [-0.2, -0.15) is 0 Å². The zero-order valence-corrected chi connectivity index (χ0v) is 3.50. The van der Waals surface area contributed by atoms with Crippen molar-refractivity contribution in [1.29, 1.82) is 0 Å². The lowest BCUT2D eigenvalue weighted by Crippen LogP contribution is -1.69. The molecule has 0 aliphatic carbocycles. The molecule has 5 heteroatoms. The van der Waals surface area contributed by atoms with Crippen molar-refractivity contribution in [2.24, 2.45) is 0 Å². The van der Waals surface area contributed by atoms with Crippen LogP contribution in [0.5, 0.6) is 0 Å². The van der Waals surface area contributed by atoms with Gasteiger partial charge in [-0.1, -0.05) is 0 Å². The Morgan fingerprint density at radius 3 is 2.50 bits per heavy atom. The van der Waals surface area contributed by atoms with E-state index in [0.29, 0.717) is 0 Å². The molecule has 0 atom stereocenters. The van der Waals surface area contributed by atoms with Crippen LogP contribution in [0.15, 0.2) is 0 Å². The van der Waals surface area contributed by atoms with Crippen LogP contribution in [0.4, 0.5) is 8.92 Å². The number of hydrogen-bond donors (Lipinski definition) is 0. The molecule has 0 aliphatic rings. The van der Waals surface area contributed by atoms with Gasteiger partial charge >= 0.3 is 0 Å². The number of halogens is 2. The Kier molecular flexibility index (Phi) is 5.24. The molecule has 0 spiro atoms. The van der Waals surface area contributed by atoms with E-state index in [1.807, 2.05) is 0 Å². The smallest absolute Gasteiger partial charge is 0.164 e. The van der Waals surface area contributed by atoms with Crippen molar-refractivity contribution >= 4 is 12.0 Å². The molecule has 2 nitrogen and oxygen atoms in total. The first-order valence-corrected chi connectivity index (χ1v) is 1.95. The Morgan fingerprint density at radius 2 is 2.33 bits per heavy atom. The van der Waals surface area contributed by atoms with Crippen LogP contribution >= 0.6 is 12.0 Å². The van der Waals surface area contributed by atoms with Crippen molar-refractivity contribution in [3.63, 3.8) is 0 Å². The van der Waals surface area contributed by atoms with Gasteiger partial charge in [0.05, 0.1) is 12.0 Å². The van der Waals surface area contributed by atoms with Gasteiger partial charge in [0.15, 0.2) is 6.01 Å². The first-order chi connectivity index (χ1) is 2.91. The van der Waals surface area contributed by atoms with Crippen LogP contribution in [0.25, 0.3) is 0 Å². The maximum atomic E-state index is 10.8. The molecule has 0 N–H and O–H groups in total. The molecule has 0 rings (SSSR count). The molecule has 0 unspecified atom stereocenters. The van der Waals surface area contributed by atoms with Gasteiger partial charge in [0, 0.05) is 0 Å². The van der Waals surface area contributed by atoms with Gasteiger partial charge in [-0.3, -0.25) is 0 Å². The predicted molar refractivity (Wildman–Crippen MR) is 16.8 cm³/mol. The molecule has 0 heterocycles. The van der Waals surface area contributed by atoms with E-state index < -0.39 is 6.01 Å². The first-order valence-electron chi connectivity index (χ1n) is 1.04. The third-order valence-corrected chi connectivity index (χ3v) is 0.355. The minimum Gasteiger partial charge on any atom is -0.237 e. The number of hydrogen-bond acceptors (Lipinski definition) is 3. The normalized spacial score (nSPS) is 9.00. The molecule has 38 valence electrons. The molecule has 6 heavy (non-hydrogen) atoms. The fourth-order valence-electron chi connectivity index (χ4n) is 0.0364. The van der Waals surface area contributed by atoms with Crippen LogP contribution in [0, 0.1) is 0 Å². The second-order valence-electron chi connectivity index (χ2n) is 0.358. The van der Waals surface area contributed by atoms with Gasteiger partial charge in [-0.05, 0) is 9.62 Å². The molecule has 0 aromatic rings. The zero-order chi connectivity index (χ0) is 4.83. The van der Waals surface area contributed by atoms with Crippen LogP contribution in [-0.2, 0) is 9.43 Å². The van der Waals surface area contributed by atoms with E-state index in [2.05, 4.69) is 9.43 Å². The van der Waals surface area contributed by atoms with Crippen LogP contribution in [0.1, 0.15) is 0 Å². The van der Waals surface area contributed by atoms with Crippen molar-refractivity contribution in [2.75, 3.05) is 6.01 Å². The lowest BCUT2D eigenvalue weighted by molar-refractivity contribution is -0.359. The minimum absolute atomic E-state index is 0.244. The minimum atomic E-state index is -0.816. The zero-order valence-electron chi connectivity index (χ0n) is 2.69. The highest BCUT2D eigenvalue weighted by atomic mass is 32.2. The van der Waals surface area contributed by atoms with Crippen molar-refractivity contribution in [3.05, 3.63) is 0 Å². The summed E-state index contributed by atoms with van der Waals surface area (Å²) in [6.07, 6.45) is 0. The molecule has 0 radical (unpaired) electrons. The standard InChI is InChI=1S/CH2F2O2S/c2-1-6-5-4-3/h1H2. The molecule has 0 aromatic carbocycles. The van der Waals surface area contributed by atoms with E-state index in [4.69, 9.17) is 0 Å². The van der Waals surface area contributed by atoms with E-state index in [1.54, 1.807) is 0 Å². The third kappa shape index (κ3) is 4.13. The Morgan fingerprint density at radius 1 is 1.67 bits per heavy atom. The second-order valence-corrected chi connectivity index (χ2v) is 0.948. The fraction of sp³-hybridized carbons (Fsp3) is 1.00. The van der Waals surface area contributed by atoms with Gasteiger partial charge in [-0.15, -0.1) is 4.33 Å². The Labute approximate surface area is 37.5 Å². The summed E-state index contributed by atoms with van der Waals surface area (Å²) in [7, 11) is 0. The molecule has 0 aromatic heterocycles. The average Bonchev–Trinajstić information content (AvgIpc) is 1.61. The third-order valence-electron chi connectivity index (χ3n) is 0.118. The second kappa shape index (κ2) is 5.13. The monoisotopic (exact) mass is 116 g/mol. The summed E-state index contributed by atoms with van der Waals surface area (Å²) in [5.41, 5.74) is 0. The van der Waals surface area contributed by atoms with Gasteiger partial charge in [0.2, 0.25) is 0 Å². The van der Waals surface area contributed by atoms with Crippen LogP contribution in [0.3, 0.4) is 0 Å². The fourth-order valence-corrected chi connectivity index (χ4v) is 0.109. The van der Waals surface area contributed by atoms with Crippen LogP contribution in [-0.4, -0.2) is 6.01 Å². The van der Waals surface area contributed by atoms with Gasteiger partial charge in [-0.25, -0.2) is 4.39 Å². The van der Waals surface area contributed by atoms with Gasteiger partial charge in [0.25, 0.3) is 0 Å². The van der Waals surface area contributed by atoms with Gasteiger partial charge in [0.1, 0.15) is 0 Å². The lowest BCUT2D eigenvalue weighted by atomic mass is 11.8. The summed E-state index contributed by atoms with van der Waals surface area (Å²) in [4.78, 5) is 0. The first kappa shape index (κ1) is 6.13. The summed E-state index contributed by atoms with van der Waals surface area (Å²) < 4.78 is 24.4. The highest BCUT2D eigenvalue weighted by Gasteiger charge is 1.81. The molecule has 0 bridgehead atoms. The Balaban J connectivity index is 2.34. The van der Waals surface area contributed by atoms with Crippen molar-refractivity contribution in [1.82, 2.24) is 0 Å². The van der Waals surface area contributed by atoms with Crippen molar-refractivity contribution in [3.8, 4) is 0 Å². The predicted octanol–water partition coefficient (Wildman–Crippen LogP) is 1.39.